The molecule has 0 radical (unpaired) electrons. The van der Waals surface area contributed by atoms with Crippen LogP contribution in [0.5, 0.6) is 0 Å². The Bertz CT molecular complexity index is 1050. The smallest absolute Gasteiger partial charge is 0.232 e. The van der Waals surface area contributed by atoms with Crippen LogP contribution in [0.4, 0.5) is 17.6 Å². The van der Waals surface area contributed by atoms with Gasteiger partial charge in [0.15, 0.2) is 5.11 Å². The highest BCUT2D eigenvalue weighted by Crippen LogP contribution is 2.35. The first kappa shape index (κ1) is 27.4. The lowest BCUT2D eigenvalue weighted by Gasteiger charge is -2.38. The first-order valence-corrected chi connectivity index (χ1v) is 15.0. The van der Waals surface area contributed by atoms with E-state index in [1.54, 1.807) is 0 Å². The van der Waals surface area contributed by atoms with Crippen molar-refractivity contribution in [3.63, 3.8) is 0 Å². The summed E-state index contributed by atoms with van der Waals surface area (Å²) in [4.78, 5) is 14.7. The molecule has 3 fully saturated rings. The van der Waals surface area contributed by atoms with Crippen LogP contribution in [-0.4, -0.2) is 61.0 Å². The van der Waals surface area contributed by atoms with Gasteiger partial charge in [0.05, 0.1) is 0 Å². The van der Waals surface area contributed by atoms with Gasteiger partial charge in [0.2, 0.25) is 5.95 Å². The molecule has 5 rings (SSSR count). The maximum Gasteiger partial charge on any atom is 0.232 e. The number of nitrogens with one attached hydrogen (secondary N) is 2. The van der Waals surface area contributed by atoms with Crippen molar-refractivity contribution in [1.29, 1.82) is 0 Å². The van der Waals surface area contributed by atoms with E-state index < -0.39 is 0 Å². The number of rotatable bonds is 6. The lowest BCUT2D eigenvalue weighted by molar-refractivity contribution is 0.0515. The van der Waals surface area contributed by atoms with Crippen LogP contribution >= 0.6 is 23.8 Å². The summed E-state index contributed by atoms with van der Waals surface area (Å²) in [5.41, 5.74) is 1.20. The summed E-state index contributed by atoms with van der Waals surface area (Å²) in [5, 5.41) is 8.12. The van der Waals surface area contributed by atoms with E-state index in [1.807, 2.05) is 12.1 Å². The molecule has 3 saturated heterocycles. The van der Waals surface area contributed by atoms with Gasteiger partial charge in [0.1, 0.15) is 11.6 Å². The number of nitrogens with zero attached hydrogens (tertiary/aromatic N) is 4. The molecule has 0 amide bonds. The molecule has 2 unspecified atom stereocenters. The first-order valence-electron chi connectivity index (χ1n) is 14.2. The molecule has 2 N–H and O–H groups in total. The molecule has 1 aromatic carbocycles. The van der Waals surface area contributed by atoms with Gasteiger partial charge in [-0.2, -0.15) is 9.97 Å². The third-order valence-corrected chi connectivity index (χ3v) is 8.88. The van der Waals surface area contributed by atoms with Gasteiger partial charge >= 0.3 is 0 Å². The molecule has 3 aliphatic heterocycles. The molecule has 4 heterocycles. The summed E-state index contributed by atoms with van der Waals surface area (Å²) >= 11 is 12.0. The van der Waals surface area contributed by atoms with Gasteiger partial charge in [-0.15, -0.1) is 0 Å². The lowest BCUT2D eigenvalue weighted by Crippen LogP contribution is -2.45. The minimum absolute atomic E-state index is 0.0592. The fourth-order valence-corrected chi connectivity index (χ4v) is 6.41. The maximum atomic E-state index is 6.18. The second-order valence-electron chi connectivity index (χ2n) is 11.5. The Balaban J connectivity index is 1.33. The second kappa shape index (κ2) is 12.3. The summed E-state index contributed by atoms with van der Waals surface area (Å²) in [6.45, 7) is 11.0. The number of hydrogen-bond acceptors (Lipinski definition) is 6. The van der Waals surface area contributed by atoms with Crippen molar-refractivity contribution in [2.75, 3.05) is 61.1 Å². The Morgan fingerprint density at radius 2 is 1.58 bits per heavy atom. The fraction of sp³-hybridized carbons (Fsp3) is 0.621. The van der Waals surface area contributed by atoms with Gasteiger partial charge < -0.3 is 25.2 Å². The quantitative estimate of drug-likeness (QED) is 0.443. The minimum Gasteiger partial charge on any atom is -0.381 e. The zero-order valence-corrected chi connectivity index (χ0v) is 24.3. The number of thiocarbonyl (C=S) groups is 1. The van der Waals surface area contributed by atoms with E-state index in [1.165, 1.54) is 31.2 Å². The Kier molecular flexibility index (Phi) is 8.91. The molecule has 1 aromatic heterocycles. The topological polar surface area (TPSA) is 65.5 Å². The van der Waals surface area contributed by atoms with E-state index in [0.717, 1.165) is 68.9 Å². The third kappa shape index (κ3) is 6.69. The van der Waals surface area contributed by atoms with Crippen LogP contribution in [0.2, 0.25) is 5.02 Å². The van der Waals surface area contributed by atoms with Gasteiger partial charge in [0.25, 0.3) is 0 Å². The zero-order valence-electron chi connectivity index (χ0n) is 22.7. The van der Waals surface area contributed by atoms with Crippen molar-refractivity contribution >= 4 is 46.5 Å². The summed E-state index contributed by atoms with van der Waals surface area (Å²) in [5.74, 6) is 3.89. The molecular weight excluding hydrogens is 516 g/mol. The SMILES string of the molecule is CC1CCCN(c2cc(N3CCCC(C)C3)nc(NC(=S)NCC3(c4ccc(Cl)cc4)CCOCC3)n2)C1. The molecule has 206 valence electrons. The highest BCUT2D eigenvalue weighted by atomic mass is 35.5. The van der Waals surface area contributed by atoms with Crippen molar-refractivity contribution in [2.24, 2.45) is 11.8 Å². The number of aromatic nitrogens is 2. The first-order chi connectivity index (χ1) is 18.4. The fourth-order valence-electron chi connectivity index (χ4n) is 6.13. The molecule has 0 bridgehead atoms. The van der Waals surface area contributed by atoms with Crippen LogP contribution in [0, 0.1) is 11.8 Å². The molecule has 7 nitrogen and oxygen atoms in total. The second-order valence-corrected chi connectivity index (χ2v) is 12.3. The standard InChI is InChI=1S/C29H41ClN6OS/c1-21-5-3-13-35(18-21)25-17-26(36-14-4-6-22(2)19-36)33-27(32-25)34-28(38)31-20-29(11-15-37-16-12-29)23-7-9-24(30)10-8-23/h7-10,17,21-22H,3-6,11-16,18-20H2,1-2H3,(H2,31,32,33,34,38). The highest BCUT2D eigenvalue weighted by molar-refractivity contribution is 7.80. The van der Waals surface area contributed by atoms with E-state index in [4.69, 9.17) is 38.5 Å². The number of halogens is 1. The van der Waals surface area contributed by atoms with Gasteiger partial charge in [0, 0.05) is 62.4 Å². The molecular formula is C29H41ClN6OS. The van der Waals surface area contributed by atoms with Crippen molar-refractivity contribution in [3.05, 3.63) is 40.9 Å². The Hall–Kier alpha value is -2.16. The van der Waals surface area contributed by atoms with E-state index in [0.29, 0.717) is 29.4 Å². The van der Waals surface area contributed by atoms with E-state index in [2.05, 4.69) is 52.5 Å². The Morgan fingerprint density at radius 3 is 2.13 bits per heavy atom. The van der Waals surface area contributed by atoms with Crippen molar-refractivity contribution < 1.29 is 4.74 Å². The third-order valence-electron chi connectivity index (χ3n) is 8.38. The van der Waals surface area contributed by atoms with E-state index >= 15 is 0 Å². The van der Waals surface area contributed by atoms with Crippen LogP contribution in [-0.2, 0) is 10.2 Å². The summed E-state index contributed by atoms with van der Waals surface area (Å²) < 4.78 is 5.70. The normalized spacial score (nSPS) is 23.7. The monoisotopic (exact) mass is 556 g/mol. The molecule has 2 aromatic rings. The number of anilines is 3. The van der Waals surface area contributed by atoms with Gasteiger partial charge in [-0.3, -0.25) is 0 Å². The highest BCUT2D eigenvalue weighted by Gasteiger charge is 2.34. The average molecular weight is 557 g/mol. The summed E-state index contributed by atoms with van der Waals surface area (Å²) in [6, 6.07) is 10.4. The van der Waals surface area contributed by atoms with Crippen LogP contribution in [0.3, 0.4) is 0 Å². The molecule has 0 aliphatic carbocycles. The van der Waals surface area contributed by atoms with Gasteiger partial charge in [-0.05, 0) is 80.3 Å². The van der Waals surface area contributed by atoms with E-state index in [-0.39, 0.29) is 5.41 Å². The van der Waals surface area contributed by atoms with Crippen LogP contribution in [0.25, 0.3) is 0 Å². The van der Waals surface area contributed by atoms with Crippen molar-refractivity contribution in [1.82, 2.24) is 15.3 Å². The van der Waals surface area contributed by atoms with E-state index in [9.17, 15) is 0 Å². The number of benzene rings is 1. The van der Waals surface area contributed by atoms with Crippen LogP contribution in [0.15, 0.2) is 30.3 Å². The lowest BCUT2D eigenvalue weighted by atomic mass is 9.74. The van der Waals surface area contributed by atoms with Crippen LogP contribution in [0.1, 0.15) is 57.9 Å². The number of piperidine rings is 2. The summed E-state index contributed by atoms with van der Waals surface area (Å²) in [6.07, 6.45) is 6.80. The largest absolute Gasteiger partial charge is 0.381 e. The molecule has 2 atom stereocenters. The molecule has 9 heteroatoms. The molecule has 0 spiro atoms. The minimum atomic E-state index is -0.0592. The molecule has 0 saturated carbocycles. The van der Waals surface area contributed by atoms with Crippen LogP contribution < -0.4 is 20.4 Å². The van der Waals surface area contributed by atoms with Crippen molar-refractivity contribution in [2.45, 2.75) is 57.8 Å². The Labute approximate surface area is 237 Å². The average Bonchev–Trinajstić information content (AvgIpc) is 2.93. The Morgan fingerprint density at radius 1 is 1.00 bits per heavy atom. The maximum absolute atomic E-state index is 6.18. The van der Waals surface area contributed by atoms with Gasteiger partial charge in [-0.25, -0.2) is 0 Å². The molecule has 38 heavy (non-hydrogen) atoms. The summed E-state index contributed by atoms with van der Waals surface area (Å²) in [7, 11) is 0. The zero-order chi connectivity index (χ0) is 26.5. The number of hydrogen-bond donors (Lipinski definition) is 2. The molecule has 3 aliphatic rings. The predicted octanol–water partition coefficient (Wildman–Crippen LogP) is 5.64. The van der Waals surface area contributed by atoms with Crippen molar-refractivity contribution in [3.8, 4) is 0 Å². The van der Waals surface area contributed by atoms with Gasteiger partial charge in [-0.1, -0.05) is 37.6 Å². The number of ether oxygens (including phenoxy) is 1. The predicted molar refractivity (Wildman–Crippen MR) is 161 cm³/mol.